The lowest BCUT2D eigenvalue weighted by Crippen LogP contribution is -2.12. The number of aromatic nitrogens is 4. The summed E-state index contributed by atoms with van der Waals surface area (Å²) >= 11 is 0. The fourth-order valence-corrected chi connectivity index (χ4v) is 2.33. The van der Waals surface area contributed by atoms with Gasteiger partial charge in [-0.1, -0.05) is 17.3 Å². The molecule has 0 aliphatic heterocycles. The molecule has 0 amide bonds. The highest BCUT2D eigenvalue weighted by molar-refractivity contribution is 5.82. The molecule has 0 atom stereocenters. The molecule has 9 nitrogen and oxygen atoms in total. The minimum atomic E-state index is -0.478. The number of nitrogens with zero attached hydrogens (tertiary/aromatic N) is 5. The van der Waals surface area contributed by atoms with Gasteiger partial charge < -0.3 is 10.3 Å². The topological polar surface area (TPSA) is 127 Å². The number of rotatable bonds is 2. The molecular weight excluding hydrogens is 298 g/mol. The van der Waals surface area contributed by atoms with Gasteiger partial charge in [0.25, 0.3) is 5.56 Å². The number of nitrogen functional groups attached to an aromatic ring is 1. The van der Waals surface area contributed by atoms with Gasteiger partial charge in [-0.25, -0.2) is 4.98 Å². The molecule has 0 saturated carbocycles. The molecular formula is C14H11N7O2. The fraction of sp³-hybridized carbons (Fsp3) is 0.0714. The van der Waals surface area contributed by atoms with E-state index in [1.54, 1.807) is 17.4 Å². The van der Waals surface area contributed by atoms with Gasteiger partial charge >= 0.3 is 0 Å². The quantitative estimate of drug-likeness (QED) is 0.550. The molecule has 0 bridgehead atoms. The summed E-state index contributed by atoms with van der Waals surface area (Å²) in [7, 11) is 0. The first-order valence-corrected chi connectivity index (χ1v) is 6.77. The molecule has 0 aliphatic rings. The van der Waals surface area contributed by atoms with Crippen LogP contribution >= 0.6 is 0 Å². The summed E-state index contributed by atoms with van der Waals surface area (Å²) in [6.45, 7) is 1.73. The predicted molar refractivity (Wildman–Crippen MR) is 83.1 cm³/mol. The summed E-state index contributed by atoms with van der Waals surface area (Å²) in [6, 6.07) is 9.00. The maximum Gasteiger partial charge on any atom is 0.282 e. The number of fused-ring (bicyclic) bond motifs is 3. The van der Waals surface area contributed by atoms with Crippen LogP contribution in [0.15, 0.2) is 49.9 Å². The molecule has 4 aromatic rings. The Morgan fingerprint density at radius 2 is 2.13 bits per heavy atom. The molecule has 3 aromatic heterocycles. The first kappa shape index (κ1) is 13.2. The number of aromatic amines is 1. The van der Waals surface area contributed by atoms with E-state index in [1.165, 1.54) is 0 Å². The van der Waals surface area contributed by atoms with Gasteiger partial charge in [0.1, 0.15) is 11.6 Å². The van der Waals surface area contributed by atoms with Crippen molar-refractivity contribution in [2.75, 3.05) is 5.73 Å². The Hall–Kier alpha value is -3.49. The SMILES string of the molecule is Cc1cc(N=Nc2c(N)n3c(nc4ccccc43)[nH]c2=O)no1. The van der Waals surface area contributed by atoms with Gasteiger partial charge in [0.15, 0.2) is 5.69 Å². The largest absolute Gasteiger partial charge is 0.383 e. The van der Waals surface area contributed by atoms with Crippen molar-refractivity contribution in [1.82, 2.24) is 19.5 Å². The van der Waals surface area contributed by atoms with E-state index < -0.39 is 5.56 Å². The number of hydrogen-bond acceptors (Lipinski definition) is 7. The lowest BCUT2D eigenvalue weighted by Gasteiger charge is -2.02. The number of imidazole rings is 1. The van der Waals surface area contributed by atoms with Crippen LogP contribution in [0, 0.1) is 6.92 Å². The van der Waals surface area contributed by atoms with Crippen molar-refractivity contribution in [3.05, 3.63) is 46.4 Å². The number of H-pyrrole nitrogens is 1. The van der Waals surface area contributed by atoms with E-state index in [1.807, 2.05) is 24.3 Å². The fourth-order valence-electron chi connectivity index (χ4n) is 2.33. The monoisotopic (exact) mass is 309 g/mol. The van der Waals surface area contributed by atoms with Crippen LogP contribution in [0.25, 0.3) is 16.8 Å². The molecule has 0 saturated heterocycles. The Bertz CT molecular complexity index is 1120. The molecule has 23 heavy (non-hydrogen) atoms. The maximum atomic E-state index is 12.2. The Morgan fingerprint density at radius 3 is 2.91 bits per heavy atom. The van der Waals surface area contributed by atoms with Crippen LogP contribution in [0.5, 0.6) is 0 Å². The summed E-state index contributed by atoms with van der Waals surface area (Å²) in [5.41, 5.74) is 7.10. The summed E-state index contributed by atoms with van der Waals surface area (Å²) < 4.78 is 6.52. The van der Waals surface area contributed by atoms with Gasteiger partial charge in [-0.3, -0.25) is 14.2 Å². The number of nitrogens with one attached hydrogen (secondary N) is 1. The number of aryl methyl sites for hydroxylation is 1. The molecule has 3 N–H and O–H groups in total. The number of para-hydroxylation sites is 2. The lowest BCUT2D eigenvalue weighted by atomic mass is 10.3. The van der Waals surface area contributed by atoms with Gasteiger partial charge in [-0.05, 0) is 19.1 Å². The van der Waals surface area contributed by atoms with Gasteiger partial charge in [0.05, 0.1) is 11.0 Å². The average Bonchev–Trinajstić information content (AvgIpc) is 3.10. The number of hydrogen-bond donors (Lipinski definition) is 2. The predicted octanol–water partition coefficient (Wildman–Crippen LogP) is 2.47. The zero-order valence-corrected chi connectivity index (χ0v) is 12.0. The van der Waals surface area contributed by atoms with E-state index >= 15 is 0 Å². The highest BCUT2D eigenvalue weighted by atomic mass is 16.5. The van der Waals surface area contributed by atoms with Crippen molar-refractivity contribution in [3.63, 3.8) is 0 Å². The van der Waals surface area contributed by atoms with Crippen LogP contribution < -0.4 is 11.3 Å². The molecule has 4 rings (SSSR count). The Morgan fingerprint density at radius 1 is 1.30 bits per heavy atom. The standard InChI is InChI=1S/C14H11N7O2/c1-7-6-10(20-23-7)18-19-11-12(15)21-9-5-3-2-4-8(9)16-14(21)17-13(11)22/h2-6H,15H2,1H3,(H,16,17,22). The third-order valence-electron chi connectivity index (χ3n) is 3.35. The molecule has 0 aliphatic carbocycles. The molecule has 0 radical (unpaired) electrons. The van der Waals surface area contributed by atoms with Crippen molar-refractivity contribution in [2.45, 2.75) is 6.92 Å². The first-order chi connectivity index (χ1) is 11.1. The third kappa shape index (κ3) is 2.06. The number of nitrogens with two attached hydrogens (primary N) is 1. The van der Waals surface area contributed by atoms with E-state index in [0.29, 0.717) is 11.5 Å². The van der Waals surface area contributed by atoms with Crippen LogP contribution in [0.1, 0.15) is 5.76 Å². The Labute approximate surface area is 128 Å². The van der Waals surface area contributed by atoms with Crippen LogP contribution in [-0.2, 0) is 0 Å². The van der Waals surface area contributed by atoms with E-state index in [-0.39, 0.29) is 17.3 Å². The van der Waals surface area contributed by atoms with Crippen LogP contribution in [-0.4, -0.2) is 19.5 Å². The highest BCUT2D eigenvalue weighted by Crippen LogP contribution is 2.24. The van der Waals surface area contributed by atoms with Gasteiger partial charge in [-0.15, -0.1) is 10.2 Å². The average molecular weight is 309 g/mol. The molecule has 0 fully saturated rings. The van der Waals surface area contributed by atoms with Gasteiger partial charge in [0, 0.05) is 6.07 Å². The zero-order chi connectivity index (χ0) is 16.0. The van der Waals surface area contributed by atoms with Crippen LogP contribution in [0.2, 0.25) is 0 Å². The second kappa shape index (κ2) is 4.77. The van der Waals surface area contributed by atoms with Crippen molar-refractivity contribution in [2.24, 2.45) is 10.2 Å². The van der Waals surface area contributed by atoms with Crippen molar-refractivity contribution in [1.29, 1.82) is 0 Å². The summed E-state index contributed by atoms with van der Waals surface area (Å²) in [5, 5.41) is 11.5. The maximum absolute atomic E-state index is 12.2. The lowest BCUT2D eigenvalue weighted by molar-refractivity contribution is 0.399. The molecule has 0 unspecified atom stereocenters. The van der Waals surface area contributed by atoms with Crippen LogP contribution in [0.4, 0.5) is 17.3 Å². The summed E-state index contributed by atoms with van der Waals surface area (Å²) in [4.78, 5) is 19.1. The minimum Gasteiger partial charge on any atom is -0.383 e. The molecule has 3 heterocycles. The molecule has 114 valence electrons. The van der Waals surface area contributed by atoms with E-state index in [9.17, 15) is 4.79 Å². The minimum absolute atomic E-state index is 0.0127. The van der Waals surface area contributed by atoms with E-state index in [2.05, 4.69) is 25.4 Å². The molecule has 0 spiro atoms. The summed E-state index contributed by atoms with van der Waals surface area (Å²) in [5.74, 6) is 1.36. The third-order valence-corrected chi connectivity index (χ3v) is 3.35. The van der Waals surface area contributed by atoms with Crippen LogP contribution in [0.3, 0.4) is 0 Å². The Balaban J connectivity index is 1.94. The smallest absolute Gasteiger partial charge is 0.282 e. The van der Waals surface area contributed by atoms with E-state index in [4.69, 9.17) is 10.3 Å². The van der Waals surface area contributed by atoms with Gasteiger partial charge in [0.2, 0.25) is 11.6 Å². The number of benzene rings is 1. The number of azo groups is 1. The van der Waals surface area contributed by atoms with Gasteiger partial charge in [-0.2, -0.15) is 0 Å². The summed E-state index contributed by atoms with van der Waals surface area (Å²) in [6.07, 6.45) is 0. The van der Waals surface area contributed by atoms with Crippen molar-refractivity contribution >= 4 is 34.1 Å². The zero-order valence-electron chi connectivity index (χ0n) is 12.0. The Kier molecular flexibility index (Phi) is 2.73. The van der Waals surface area contributed by atoms with E-state index in [0.717, 1.165) is 11.0 Å². The number of anilines is 1. The van der Waals surface area contributed by atoms with Crippen molar-refractivity contribution in [3.8, 4) is 0 Å². The second-order valence-corrected chi connectivity index (χ2v) is 4.94. The first-order valence-electron chi connectivity index (χ1n) is 6.77. The second-order valence-electron chi connectivity index (χ2n) is 4.94. The molecule has 1 aromatic carbocycles. The van der Waals surface area contributed by atoms with Crippen molar-refractivity contribution < 1.29 is 4.52 Å². The normalized spacial score (nSPS) is 11.9. The highest BCUT2D eigenvalue weighted by Gasteiger charge is 2.14. The molecule has 9 heteroatoms.